The van der Waals surface area contributed by atoms with Gasteiger partial charge in [-0.25, -0.2) is 4.68 Å². The molecule has 8 heterocycles. The molecule has 0 radical (unpaired) electrons. The summed E-state index contributed by atoms with van der Waals surface area (Å²) in [6, 6.07) is 42.2. The van der Waals surface area contributed by atoms with E-state index in [4.69, 9.17) is 19.2 Å². The molecule has 10 atom stereocenters. The molecule has 10 unspecified atom stereocenters. The summed E-state index contributed by atoms with van der Waals surface area (Å²) in [7, 11) is 24.9. The van der Waals surface area contributed by atoms with Gasteiger partial charge in [-0.3, -0.25) is 55.3 Å². The molecular formula is C74H122N21NaO4P2W4. The van der Waals surface area contributed by atoms with Gasteiger partial charge in [-0.1, -0.05) is 238 Å². The first-order chi connectivity index (χ1) is 48.1. The van der Waals surface area contributed by atoms with Crippen molar-refractivity contribution in [2.24, 2.45) is 37.8 Å². The predicted molar refractivity (Wildman–Crippen MR) is 418 cm³/mol. The SMILES string of the molecule is C.CC.CC.CC.CC.CC.CP.[CH-]=O.[CH-]=O.[CH-]=O.[CH-]=O.[CH2-]N1CCC(c2ccccc2)(c2nn[nH]n2)C(C)C1.[CH2-]N1CCC(c2ccccc2)(c2nnn(C)n2)C(C)C1.[CH2-]N1CCC(c2ccccc2)(c2nnn(P)n2)C(C)C1.[CH2-]N1CCC(c2ccccc2)(c2nnnn2C)C(C)C1.[NH2-].[Na+].[W+2].[W+2].[W+2].[W+2]. The monoisotopic (exact) mass is 2190 g/mol. The fourth-order valence-electron chi connectivity index (χ4n) is 13.2. The molecule has 8 aromatic rings. The van der Waals surface area contributed by atoms with Crippen LogP contribution in [0.4, 0.5) is 0 Å². The van der Waals surface area contributed by atoms with E-state index in [2.05, 4.69) is 285 Å². The third kappa shape index (κ3) is 32.2. The number of hydrogen-bond acceptors (Lipinski definition) is 20. The Morgan fingerprint density at radius 1 is 0.425 bits per heavy atom. The van der Waals surface area contributed by atoms with Crippen molar-refractivity contribution in [1.29, 1.82) is 0 Å². The van der Waals surface area contributed by atoms with Crippen molar-refractivity contribution in [3.05, 3.63) is 201 Å². The minimum atomic E-state index is -0.176. The van der Waals surface area contributed by atoms with Crippen LogP contribution in [0.2, 0.25) is 0 Å². The topological polar surface area (TPSA) is 300 Å². The van der Waals surface area contributed by atoms with Gasteiger partial charge in [0.25, 0.3) is 0 Å². The molecule has 32 heteroatoms. The van der Waals surface area contributed by atoms with Gasteiger partial charge in [0.05, 0.1) is 28.7 Å². The summed E-state index contributed by atoms with van der Waals surface area (Å²) in [5.41, 5.74) is 4.45. The number of likely N-dealkylation sites (tertiary alicyclic amines) is 4. The zero-order valence-corrected chi connectivity index (χ0v) is 81.5. The molecule has 0 amide bonds. The van der Waals surface area contributed by atoms with Crippen molar-refractivity contribution in [2.75, 3.05) is 59.0 Å². The van der Waals surface area contributed by atoms with E-state index in [0.29, 0.717) is 23.7 Å². The van der Waals surface area contributed by atoms with E-state index in [1.54, 1.807) is 4.80 Å². The molecule has 0 aliphatic carbocycles. The fraction of sp³-hybridized carbons (Fsp3) is 0.514. The van der Waals surface area contributed by atoms with Gasteiger partial charge < -0.3 is 44.9 Å². The average Bonchev–Trinajstić information content (AvgIpc) is 1.18. The van der Waals surface area contributed by atoms with Crippen LogP contribution in [0, 0.1) is 51.9 Å². The zero-order chi connectivity index (χ0) is 75.8. The molecule has 4 saturated heterocycles. The second-order valence-corrected chi connectivity index (χ2v) is 22.6. The first-order valence-corrected chi connectivity index (χ1v) is 35.5. The fourth-order valence-corrected chi connectivity index (χ4v) is 13.3. The number of rotatable bonds is 8. The Labute approximate surface area is 722 Å². The summed E-state index contributed by atoms with van der Waals surface area (Å²) >= 11 is 0. The number of H-pyrrole nitrogens is 1. The number of nitrogens with one attached hydrogen (secondary N) is 1. The molecule has 12 rings (SSSR count). The molecule has 3 N–H and O–H groups in total. The Kier molecular flexibility index (Phi) is 77.4. The quantitative estimate of drug-likeness (QED) is 0.0640. The largest absolute Gasteiger partial charge is 2.00 e. The van der Waals surface area contributed by atoms with Crippen molar-refractivity contribution in [2.45, 2.75) is 152 Å². The summed E-state index contributed by atoms with van der Waals surface area (Å²) in [5.74, 6) is 4.93. The third-order valence-corrected chi connectivity index (χ3v) is 17.7. The Morgan fingerprint density at radius 3 is 0.934 bits per heavy atom. The number of piperidine rings is 4. The molecule has 4 fully saturated rings. The van der Waals surface area contributed by atoms with Crippen molar-refractivity contribution in [1.82, 2.24) is 101 Å². The minimum Gasteiger partial charge on any atom is -0.693 e. The van der Waals surface area contributed by atoms with E-state index < -0.39 is 0 Å². The number of nitrogens with two attached hydrogens (primary N) is 1. The molecule has 25 nitrogen and oxygen atoms in total. The molecule has 106 heavy (non-hydrogen) atoms. The van der Waals surface area contributed by atoms with Crippen LogP contribution in [0.5, 0.6) is 0 Å². The van der Waals surface area contributed by atoms with Crippen LogP contribution < -0.4 is 29.6 Å². The van der Waals surface area contributed by atoms with Crippen LogP contribution in [-0.2, 0) is 139 Å². The molecule has 4 aliphatic rings. The van der Waals surface area contributed by atoms with Crippen molar-refractivity contribution < 1.29 is 133 Å². The van der Waals surface area contributed by atoms with Crippen LogP contribution in [0.15, 0.2) is 121 Å². The van der Waals surface area contributed by atoms with Gasteiger partial charge in [0, 0.05) is 16.4 Å². The summed E-state index contributed by atoms with van der Waals surface area (Å²) in [4.78, 5) is 41.0. The van der Waals surface area contributed by atoms with Gasteiger partial charge >= 0.3 is 114 Å². The number of hydrogen-bond donors (Lipinski definition) is 1. The number of aromatic nitrogens is 16. The number of benzene rings is 4. The molecular weight excluding hydrogens is 2070 g/mol. The van der Waals surface area contributed by atoms with Crippen LogP contribution in [-0.4, -0.2) is 187 Å². The smallest absolute Gasteiger partial charge is 0.693 e. The second-order valence-electron chi connectivity index (χ2n) is 22.2. The van der Waals surface area contributed by atoms with Crippen LogP contribution >= 0.6 is 18.6 Å². The third-order valence-electron chi connectivity index (χ3n) is 17.4. The number of aromatic amines is 1. The van der Waals surface area contributed by atoms with E-state index in [0.717, 1.165) is 101 Å². The van der Waals surface area contributed by atoms with Gasteiger partial charge in [-0.2, -0.15) is 14.6 Å². The molecule has 4 aliphatic heterocycles. The first-order valence-electron chi connectivity index (χ1n) is 33.9. The predicted octanol–water partition coefficient (Wildman–Crippen LogP) is 9.48. The van der Waals surface area contributed by atoms with E-state index in [-0.39, 0.29) is 149 Å². The van der Waals surface area contributed by atoms with E-state index in [1.807, 2.05) is 119 Å². The molecule has 4 aromatic heterocycles. The van der Waals surface area contributed by atoms with Gasteiger partial charge in [0.1, 0.15) is 0 Å². The van der Waals surface area contributed by atoms with Crippen LogP contribution in [0.25, 0.3) is 6.15 Å². The summed E-state index contributed by atoms with van der Waals surface area (Å²) in [5, 5.41) is 52.8. The van der Waals surface area contributed by atoms with Crippen molar-refractivity contribution in [3.8, 4) is 0 Å². The second kappa shape index (κ2) is 68.1. The van der Waals surface area contributed by atoms with Crippen molar-refractivity contribution >= 4 is 45.8 Å². The first kappa shape index (κ1) is 121. The average molecular weight is 2190 g/mol. The summed E-state index contributed by atoms with van der Waals surface area (Å²) in [6.07, 6.45) is 3.86. The zero-order valence-electron chi connectivity index (χ0n) is 65.5. The Bertz CT molecular complexity index is 3130. The van der Waals surface area contributed by atoms with Gasteiger partial charge in [-0.15, -0.1) is 44.9 Å². The van der Waals surface area contributed by atoms with Crippen molar-refractivity contribution in [3.63, 3.8) is 0 Å². The number of tetrazole rings is 4. The van der Waals surface area contributed by atoms with Crippen LogP contribution in [0.3, 0.4) is 0 Å². The molecule has 0 bridgehead atoms. The Morgan fingerprint density at radius 2 is 0.698 bits per heavy atom. The Hall–Kier alpha value is -3.75. The van der Waals surface area contributed by atoms with E-state index in [1.165, 1.54) is 26.8 Å². The maximum atomic E-state index is 7.75. The molecule has 582 valence electrons. The summed E-state index contributed by atoms with van der Waals surface area (Å²) < 4.78 is 3.27. The summed E-state index contributed by atoms with van der Waals surface area (Å²) in [6.45, 7) is 51.4. The van der Waals surface area contributed by atoms with Crippen LogP contribution in [0.1, 0.15) is 176 Å². The van der Waals surface area contributed by atoms with Gasteiger partial charge in [-0.05, 0) is 145 Å². The number of nitrogens with zero attached hydrogens (tertiary/aromatic N) is 19. The number of aryl methyl sites for hydroxylation is 2. The number of carbonyl (C=O) groups excluding carboxylic acids is 4. The van der Waals surface area contributed by atoms with Gasteiger partial charge in [0.15, 0.2) is 23.3 Å². The minimum absolute atomic E-state index is 0. The molecule has 4 aromatic carbocycles. The Balaban J connectivity index is -0.000000153. The van der Waals surface area contributed by atoms with E-state index >= 15 is 0 Å². The maximum Gasteiger partial charge on any atom is 2.00 e. The molecule has 0 saturated carbocycles. The van der Waals surface area contributed by atoms with E-state index in [9.17, 15) is 0 Å². The van der Waals surface area contributed by atoms with Gasteiger partial charge in [0.2, 0.25) is 0 Å². The molecule has 0 spiro atoms. The normalized spacial score (nSPS) is 21.2. The maximum absolute atomic E-state index is 7.75. The standard InChI is InChI=1S/2C15H20N5.C14H19N5P.C14H18N5.5C2H6.4CHO.CH5P.CH4.H2N.Na.4W/c1-12-11-19(2)10-9-15(12,13-7-5-4-6-8-13)14-16-17-18-20(14)3;1-12-11-19(2)10-9-15(12,13-7-5-4-6-8-13)14-16-18-20(3)17-14;1-11-10-18(2)9-8-14(11,12-6-4-3-5-7-12)13-15-17-19(20)16-13;1-11-10-19(2)9-8-14(11,13-15-17-18-16-13)12-6-4-3-5-7-12;10*1-2;;;;;;;/h2*4-8,12H,2,9-11H2,1,3H3;3-7,11H,2,8-10,20H2,1H3;3-7,11H,2,8-10H2,1H3,(H,15,16,17,18);5*1-2H3;4*1H;2H2,1H3;1H4;1H2;;;;;/q4*-1;;;;;;4*-1;;;-1;+1;4*+2.